The molecule has 3 heteroatoms. The van der Waals surface area contributed by atoms with Gasteiger partial charge in [0, 0.05) is 12.5 Å². The molecule has 1 aliphatic rings. The molecular formula is C9H17ClO2. The van der Waals surface area contributed by atoms with Gasteiger partial charge in [-0.3, -0.25) is 0 Å². The van der Waals surface area contributed by atoms with Gasteiger partial charge in [-0.1, -0.05) is 6.92 Å². The third kappa shape index (κ3) is 3.74. The summed E-state index contributed by atoms with van der Waals surface area (Å²) in [4.78, 5) is 0. The van der Waals surface area contributed by atoms with Gasteiger partial charge in [0.1, 0.15) is 0 Å². The summed E-state index contributed by atoms with van der Waals surface area (Å²) in [5, 5.41) is 0. The predicted molar refractivity (Wildman–Crippen MR) is 49.4 cm³/mol. The van der Waals surface area contributed by atoms with Crippen LogP contribution < -0.4 is 0 Å². The highest BCUT2D eigenvalue weighted by atomic mass is 35.5. The Kier molecular flexibility index (Phi) is 4.96. The molecule has 72 valence electrons. The molecule has 0 aliphatic carbocycles. The van der Waals surface area contributed by atoms with Gasteiger partial charge in [-0.05, 0) is 25.2 Å². The second-order valence-corrected chi connectivity index (χ2v) is 3.70. The summed E-state index contributed by atoms with van der Waals surface area (Å²) in [6.45, 7) is 3.64. The molecule has 0 N–H and O–H groups in total. The molecule has 2 nitrogen and oxygen atoms in total. The molecule has 0 spiro atoms. The van der Waals surface area contributed by atoms with Crippen molar-refractivity contribution in [2.24, 2.45) is 5.92 Å². The molecule has 12 heavy (non-hydrogen) atoms. The summed E-state index contributed by atoms with van der Waals surface area (Å²) < 4.78 is 10.9. The van der Waals surface area contributed by atoms with Gasteiger partial charge >= 0.3 is 0 Å². The fourth-order valence-electron chi connectivity index (χ4n) is 1.16. The van der Waals surface area contributed by atoms with E-state index in [0.29, 0.717) is 18.4 Å². The summed E-state index contributed by atoms with van der Waals surface area (Å²) in [6, 6.07) is 0. The molecule has 0 bridgehead atoms. The Morgan fingerprint density at radius 3 is 3.00 bits per heavy atom. The third-order valence-corrected chi connectivity index (χ3v) is 2.49. The van der Waals surface area contributed by atoms with E-state index in [9.17, 15) is 0 Å². The summed E-state index contributed by atoms with van der Waals surface area (Å²) in [7, 11) is 0. The number of rotatable bonds is 4. The molecule has 1 fully saturated rings. The van der Waals surface area contributed by atoms with Crippen LogP contribution in [-0.4, -0.2) is 25.4 Å². The first-order valence-corrected chi connectivity index (χ1v) is 5.15. The van der Waals surface area contributed by atoms with E-state index < -0.39 is 0 Å². The van der Waals surface area contributed by atoms with Gasteiger partial charge in [0.15, 0.2) is 6.29 Å². The number of ether oxygens (including phenoxy) is 2. The molecule has 1 saturated heterocycles. The molecule has 1 aliphatic heterocycles. The zero-order valence-corrected chi connectivity index (χ0v) is 8.35. The Bertz CT molecular complexity index is 113. The topological polar surface area (TPSA) is 18.5 Å². The Balaban J connectivity index is 2.05. The van der Waals surface area contributed by atoms with Crippen LogP contribution in [0.1, 0.15) is 26.2 Å². The average Bonchev–Trinajstić information content (AvgIpc) is 2.16. The van der Waals surface area contributed by atoms with E-state index in [2.05, 4.69) is 6.92 Å². The minimum Gasteiger partial charge on any atom is -0.353 e. The van der Waals surface area contributed by atoms with Crippen LogP contribution in [-0.2, 0) is 9.47 Å². The van der Waals surface area contributed by atoms with Crippen LogP contribution in [0.15, 0.2) is 0 Å². The second kappa shape index (κ2) is 5.79. The van der Waals surface area contributed by atoms with Crippen LogP contribution >= 0.6 is 11.6 Å². The van der Waals surface area contributed by atoms with Crippen molar-refractivity contribution in [3.8, 4) is 0 Å². The first-order valence-electron chi connectivity index (χ1n) is 4.62. The fourth-order valence-corrected chi connectivity index (χ4v) is 1.25. The molecule has 1 rings (SSSR count). The van der Waals surface area contributed by atoms with Crippen LogP contribution in [0, 0.1) is 5.92 Å². The minimum absolute atomic E-state index is 0.0319. The highest BCUT2D eigenvalue weighted by molar-refractivity contribution is 6.18. The van der Waals surface area contributed by atoms with E-state index in [0.717, 1.165) is 13.0 Å². The van der Waals surface area contributed by atoms with Crippen molar-refractivity contribution in [2.45, 2.75) is 32.5 Å². The van der Waals surface area contributed by atoms with E-state index in [4.69, 9.17) is 21.1 Å². The average molecular weight is 193 g/mol. The highest BCUT2D eigenvalue weighted by Gasteiger charge is 2.14. The largest absolute Gasteiger partial charge is 0.353 e. The quantitative estimate of drug-likeness (QED) is 0.637. The van der Waals surface area contributed by atoms with E-state index >= 15 is 0 Å². The minimum atomic E-state index is 0.0319. The molecule has 0 aromatic heterocycles. The Morgan fingerprint density at radius 1 is 1.58 bits per heavy atom. The van der Waals surface area contributed by atoms with Crippen molar-refractivity contribution in [2.75, 3.05) is 19.1 Å². The summed E-state index contributed by atoms with van der Waals surface area (Å²) >= 11 is 5.65. The van der Waals surface area contributed by atoms with Gasteiger partial charge in [-0.25, -0.2) is 0 Å². The molecule has 0 aromatic carbocycles. The Hall–Kier alpha value is 0.210. The maximum Gasteiger partial charge on any atom is 0.157 e. The van der Waals surface area contributed by atoms with E-state index in [-0.39, 0.29) is 6.29 Å². The van der Waals surface area contributed by atoms with Crippen LogP contribution in [0.5, 0.6) is 0 Å². The molecule has 0 amide bonds. The lowest BCUT2D eigenvalue weighted by Gasteiger charge is -2.23. The van der Waals surface area contributed by atoms with Crippen LogP contribution in [0.3, 0.4) is 0 Å². The molecule has 2 atom stereocenters. The molecule has 0 aromatic rings. The summed E-state index contributed by atoms with van der Waals surface area (Å²) in [5.74, 6) is 1.09. The Labute approximate surface area is 79.2 Å². The first-order chi connectivity index (χ1) is 5.83. The predicted octanol–water partition coefficient (Wildman–Crippen LogP) is 2.40. The van der Waals surface area contributed by atoms with Crippen molar-refractivity contribution >= 4 is 11.6 Å². The van der Waals surface area contributed by atoms with Crippen molar-refractivity contribution in [3.63, 3.8) is 0 Å². The van der Waals surface area contributed by atoms with Crippen LogP contribution in [0.25, 0.3) is 0 Å². The van der Waals surface area contributed by atoms with Crippen LogP contribution in [0.4, 0.5) is 0 Å². The highest BCUT2D eigenvalue weighted by Crippen LogP contribution is 2.14. The van der Waals surface area contributed by atoms with Gasteiger partial charge < -0.3 is 9.47 Å². The lowest BCUT2D eigenvalue weighted by atomic mass is 10.2. The third-order valence-electron chi connectivity index (χ3n) is 1.97. The van der Waals surface area contributed by atoms with E-state index in [1.54, 1.807) is 0 Å². The lowest BCUT2D eigenvalue weighted by molar-refractivity contribution is -0.167. The van der Waals surface area contributed by atoms with Crippen molar-refractivity contribution < 1.29 is 9.47 Å². The maximum absolute atomic E-state index is 5.65. The van der Waals surface area contributed by atoms with Gasteiger partial charge in [0.2, 0.25) is 0 Å². The first kappa shape index (κ1) is 10.3. The maximum atomic E-state index is 5.65. The lowest BCUT2D eigenvalue weighted by Crippen LogP contribution is -2.24. The zero-order valence-electron chi connectivity index (χ0n) is 7.59. The van der Waals surface area contributed by atoms with E-state index in [1.165, 1.54) is 12.8 Å². The summed E-state index contributed by atoms with van der Waals surface area (Å²) in [5.41, 5.74) is 0. The molecule has 1 heterocycles. The number of alkyl halides is 1. The summed E-state index contributed by atoms with van der Waals surface area (Å²) in [6.07, 6.45) is 3.46. The number of hydrogen-bond acceptors (Lipinski definition) is 2. The van der Waals surface area contributed by atoms with Crippen molar-refractivity contribution in [1.29, 1.82) is 0 Å². The van der Waals surface area contributed by atoms with E-state index in [1.807, 2.05) is 0 Å². The smallest absolute Gasteiger partial charge is 0.157 e. The van der Waals surface area contributed by atoms with Gasteiger partial charge in [-0.15, -0.1) is 11.6 Å². The Morgan fingerprint density at radius 2 is 2.42 bits per heavy atom. The fraction of sp³-hybridized carbons (Fsp3) is 1.00. The van der Waals surface area contributed by atoms with Gasteiger partial charge in [-0.2, -0.15) is 0 Å². The number of halogens is 1. The van der Waals surface area contributed by atoms with Crippen molar-refractivity contribution in [1.82, 2.24) is 0 Å². The second-order valence-electron chi connectivity index (χ2n) is 3.39. The monoisotopic (exact) mass is 192 g/mol. The zero-order chi connectivity index (χ0) is 8.81. The standard InChI is InChI=1S/C9H17ClO2/c1-8(6-10)7-12-9-4-2-3-5-11-9/h8-9H,2-7H2,1H3/t8-,9?/m0/s1. The number of hydrogen-bond donors (Lipinski definition) is 0. The normalized spacial score (nSPS) is 27.0. The van der Waals surface area contributed by atoms with Crippen molar-refractivity contribution in [3.05, 3.63) is 0 Å². The van der Waals surface area contributed by atoms with Crippen LogP contribution in [0.2, 0.25) is 0 Å². The molecular weight excluding hydrogens is 176 g/mol. The molecule has 1 unspecified atom stereocenters. The molecule has 0 radical (unpaired) electrons. The molecule has 0 saturated carbocycles. The van der Waals surface area contributed by atoms with Gasteiger partial charge in [0.25, 0.3) is 0 Å². The SMILES string of the molecule is C[C@@H](CCl)COC1CCCCO1. The van der Waals surface area contributed by atoms with Gasteiger partial charge in [0.05, 0.1) is 6.61 Å².